The highest BCUT2D eigenvalue weighted by Gasteiger charge is 2.51. The van der Waals surface area contributed by atoms with Crippen LogP contribution in [0.4, 0.5) is 0 Å². The molecular formula is C22H28N3O2+. The molecule has 0 bridgehead atoms. The number of nitrogens with zero attached hydrogens (tertiary/aromatic N) is 3. The molecule has 142 valence electrons. The fourth-order valence-corrected chi connectivity index (χ4v) is 5.27. The first-order valence-electron chi connectivity index (χ1n) is 9.87. The van der Waals surface area contributed by atoms with Gasteiger partial charge in [0.25, 0.3) is 5.56 Å². The largest absolute Gasteiger partial charge is 0.377 e. The Morgan fingerprint density at radius 1 is 1.19 bits per heavy atom. The molecule has 0 radical (unpaired) electrons. The van der Waals surface area contributed by atoms with Crippen molar-refractivity contribution in [1.82, 2.24) is 4.57 Å². The van der Waals surface area contributed by atoms with Crippen molar-refractivity contribution in [3.05, 3.63) is 45.7 Å². The lowest BCUT2D eigenvalue weighted by molar-refractivity contribution is -0.980. The molecule has 1 N–H and O–H groups in total. The van der Waals surface area contributed by atoms with Crippen LogP contribution in [0, 0.1) is 11.3 Å². The van der Waals surface area contributed by atoms with Gasteiger partial charge in [0.15, 0.2) is 5.60 Å². The van der Waals surface area contributed by atoms with E-state index in [2.05, 4.69) is 26.8 Å². The second-order valence-electron chi connectivity index (χ2n) is 9.31. The van der Waals surface area contributed by atoms with Crippen LogP contribution in [0.15, 0.2) is 29.1 Å². The zero-order chi connectivity index (χ0) is 19.4. The average Bonchev–Trinajstić information content (AvgIpc) is 2.93. The first-order valence-corrected chi connectivity index (χ1v) is 9.87. The Morgan fingerprint density at radius 3 is 2.48 bits per heavy atom. The lowest BCUT2D eigenvalue weighted by Gasteiger charge is -2.53. The topological polar surface area (TPSA) is 66.0 Å². The molecular weight excluding hydrogens is 338 g/mol. The average molecular weight is 366 g/mol. The van der Waals surface area contributed by atoms with Gasteiger partial charge in [-0.3, -0.25) is 4.79 Å². The molecule has 1 atom stereocenters. The number of aromatic nitrogens is 1. The number of piperidine rings is 1. The molecule has 3 heterocycles. The lowest BCUT2D eigenvalue weighted by atomic mass is 9.85. The Hall–Kier alpha value is -2.16. The molecule has 1 aromatic carbocycles. The molecule has 1 saturated heterocycles. The van der Waals surface area contributed by atoms with Gasteiger partial charge in [-0.2, -0.15) is 5.26 Å². The highest BCUT2D eigenvalue weighted by atomic mass is 16.3. The van der Waals surface area contributed by atoms with Crippen molar-refractivity contribution < 1.29 is 9.59 Å². The van der Waals surface area contributed by atoms with Gasteiger partial charge in [0.05, 0.1) is 42.3 Å². The summed E-state index contributed by atoms with van der Waals surface area (Å²) in [6.07, 6.45) is 3.53. The van der Waals surface area contributed by atoms with Crippen molar-refractivity contribution in [2.75, 3.05) is 19.6 Å². The van der Waals surface area contributed by atoms with Crippen molar-refractivity contribution in [3.8, 4) is 6.07 Å². The third kappa shape index (κ3) is 2.62. The Bertz CT molecular complexity index is 1000. The molecule has 2 aliphatic heterocycles. The summed E-state index contributed by atoms with van der Waals surface area (Å²) in [5.74, 6) is 0. The maximum Gasteiger partial charge on any atom is 0.251 e. The summed E-state index contributed by atoms with van der Waals surface area (Å²) in [6.45, 7) is 9.52. The molecule has 0 saturated carbocycles. The maximum absolute atomic E-state index is 12.5. The second-order valence-corrected chi connectivity index (χ2v) is 9.31. The lowest BCUT2D eigenvalue weighted by Crippen LogP contribution is -2.66. The van der Waals surface area contributed by atoms with Crippen LogP contribution in [0.3, 0.4) is 0 Å². The SMILES string of the molecule is CC(C)(C)[N+]1(CC2(O)Cn3c(=O)ccc4ccc(C#N)c2c43)CCCCC1. The van der Waals surface area contributed by atoms with E-state index >= 15 is 0 Å². The van der Waals surface area contributed by atoms with E-state index in [0.717, 1.165) is 41.3 Å². The minimum absolute atomic E-state index is 0.0173. The van der Waals surface area contributed by atoms with Crippen LogP contribution in [-0.2, 0) is 12.1 Å². The molecule has 0 aliphatic carbocycles. The standard InChI is InChI=1S/C22H28N3O2/c1-21(2,3)25(11-5-4-6-12-25)15-22(27)14-24-18(26)10-9-16-7-8-17(13-23)19(22)20(16)24/h7-10,27H,4-6,11-12,14-15H2,1-3H3/q+1. The van der Waals surface area contributed by atoms with Crippen molar-refractivity contribution in [3.63, 3.8) is 0 Å². The van der Waals surface area contributed by atoms with E-state index in [0.29, 0.717) is 17.7 Å². The second kappa shape index (κ2) is 5.92. The highest BCUT2D eigenvalue weighted by Crippen LogP contribution is 2.43. The fraction of sp³-hybridized carbons (Fsp3) is 0.545. The van der Waals surface area contributed by atoms with Gasteiger partial charge >= 0.3 is 0 Å². The first-order chi connectivity index (χ1) is 12.7. The predicted octanol–water partition coefficient (Wildman–Crippen LogP) is 2.87. The monoisotopic (exact) mass is 366 g/mol. The van der Waals surface area contributed by atoms with Gasteiger partial charge in [0.2, 0.25) is 0 Å². The summed E-state index contributed by atoms with van der Waals surface area (Å²) in [5.41, 5.74) is 0.515. The van der Waals surface area contributed by atoms with Crippen molar-refractivity contribution >= 4 is 10.9 Å². The quantitative estimate of drug-likeness (QED) is 0.831. The molecule has 4 rings (SSSR count). The van der Waals surface area contributed by atoms with E-state index in [9.17, 15) is 15.2 Å². The minimum atomic E-state index is -1.21. The number of quaternary nitrogens is 1. The Balaban J connectivity index is 1.91. The third-order valence-corrected chi connectivity index (χ3v) is 6.82. The van der Waals surface area contributed by atoms with Gasteiger partial charge in [-0.25, -0.2) is 0 Å². The number of pyridine rings is 1. The summed E-state index contributed by atoms with van der Waals surface area (Å²) in [4.78, 5) is 12.5. The molecule has 5 heteroatoms. The number of nitriles is 1. The number of aliphatic hydroxyl groups is 1. The molecule has 2 aliphatic rings. The van der Waals surface area contributed by atoms with Crippen molar-refractivity contribution in [1.29, 1.82) is 5.26 Å². The number of likely N-dealkylation sites (tertiary alicyclic amines) is 1. The Labute approximate surface area is 160 Å². The minimum Gasteiger partial charge on any atom is -0.377 e. The molecule has 5 nitrogen and oxygen atoms in total. The van der Waals surface area contributed by atoms with Crippen molar-refractivity contribution in [2.45, 2.75) is 57.7 Å². The van der Waals surface area contributed by atoms with E-state index < -0.39 is 5.60 Å². The van der Waals surface area contributed by atoms with E-state index in [4.69, 9.17) is 0 Å². The van der Waals surface area contributed by atoms with Gasteiger partial charge in [-0.1, -0.05) is 6.07 Å². The van der Waals surface area contributed by atoms with Crippen LogP contribution in [0.2, 0.25) is 0 Å². The zero-order valence-electron chi connectivity index (χ0n) is 16.5. The Kier molecular flexibility index (Phi) is 3.99. The number of rotatable bonds is 2. The normalized spacial score (nSPS) is 24.1. The number of hydrogen-bond donors (Lipinski definition) is 1. The van der Waals surface area contributed by atoms with Crippen LogP contribution in [0.5, 0.6) is 0 Å². The van der Waals surface area contributed by atoms with Gasteiger partial charge in [-0.15, -0.1) is 0 Å². The highest BCUT2D eigenvalue weighted by molar-refractivity contribution is 5.87. The van der Waals surface area contributed by atoms with E-state index in [1.807, 2.05) is 6.07 Å². The van der Waals surface area contributed by atoms with E-state index in [1.54, 1.807) is 22.8 Å². The first kappa shape index (κ1) is 18.2. The van der Waals surface area contributed by atoms with Gasteiger partial charge in [-0.05, 0) is 57.6 Å². The molecule has 0 spiro atoms. The summed E-state index contributed by atoms with van der Waals surface area (Å²) < 4.78 is 2.47. The van der Waals surface area contributed by atoms with Crippen LogP contribution >= 0.6 is 0 Å². The number of hydrogen-bond acceptors (Lipinski definition) is 3. The molecule has 2 aromatic rings. The van der Waals surface area contributed by atoms with E-state index in [1.165, 1.54) is 6.42 Å². The molecule has 1 fully saturated rings. The third-order valence-electron chi connectivity index (χ3n) is 6.82. The zero-order valence-corrected chi connectivity index (χ0v) is 16.5. The van der Waals surface area contributed by atoms with E-state index in [-0.39, 0.29) is 17.6 Å². The predicted molar refractivity (Wildman–Crippen MR) is 105 cm³/mol. The van der Waals surface area contributed by atoms with Crippen LogP contribution in [0.1, 0.15) is 51.2 Å². The van der Waals surface area contributed by atoms with Gasteiger partial charge in [0.1, 0.15) is 6.54 Å². The van der Waals surface area contributed by atoms with Gasteiger partial charge < -0.3 is 14.2 Å². The fourth-order valence-electron chi connectivity index (χ4n) is 5.27. The van der Waals surface area contributed by atoms with Crippen molar-refractivity contribution in [2.24, 2.45) is 0 Å². The molecule has 0 amide bonds. The summed E-state index contributed by atoms with van der Waals surface area (Å²) in [6, 6.07) is 9.25. The maximum atomic E-state index is 12.5. The number of benzene rings is 1. The van der Waals surface area contributed by atoms with Crippen LogP contribution in [-0.4, -0.2) is 39.3 Å². The smallest absolute Gasteiger partial charge is 0.251 e. The van der Waals surface area contributed by atoms with Crippen LogP contribution in [0.25, 0.3) is 10.9 Å². The Morgan fingerprint density at radius 2 is 1.85 bits per heavy atom. The summed E-state index contributed by atoms with van der Waals surface area (Å²) in [7, 11) is 0. The molecule has 1 unspecified atom stereocenters. The van der Waals surface area contributed by atoms with Crippen LogP contribution < -0.4 is 5.56 Å². The molecule has 27 heavy (non-hydrogen) atoms. The summed E-state index contributed by atoms with van der Waals surface area (Å²) >= 11 is 0. The molecule has 1 aromatic heterocycles. The summed E-state index contributed by atoms with van der Waals surface area (Å²) in [5, 5.41) is 22.5. The van der Waals surface area contributed by atoms with Gasteiger partial charge in [0, 0.05) is 11.6 Å².